The second-order valence-electron chi connectivity index (χ2n) is 5.81. The van der Waals surface area contributed by atoms with Crippen LogP contribution in [0.5, 0.6) is 0 Å². The summed E-state index contributed by atoms with van der Waals surface area (Å²) in [6.45, 7) is 1.84. The summed E-state index contributed by atoms with van der Waals surface area (Å²) < 4.78 is 0. The van der Waals surface area contributed by atoms with Crippen LogP contribution in [0.3, 0.4) is 0 Å². The number of carboxylic acids is 1. The van der Waals surface area contributed by atoms with Gasteiger partial charge in [-0.1, -0.05) is 13.0 Å². The normalized spacial score (nSPS) is 24.2. The molecule has 1 aliphatic carbocycles. The summed E-state index contributed by atoms with van der Waals surface area (Å²) in [7, 11) is 0. The number of allylic oxidation sites excluding steroid dienone is 2. The van der Waals surface area contributed by atoms with Crippen LogP contribution in [-0.4, -0.2) is 28.1 Å². The van der Waals surface area contributed by atoms with Crippen LogP contribution in [0.15, 0.2) is 12.2 Å². The highest BCUT2D eigenvalue weighted by Gasteiger charge is 2.32. The molecule has 2 N–H and O–H groups in total. The van der Waals surface area contributed by atoms with E-state index in [1.54, 1.807) is 6.08 Å². The van der Waals surface area contributed by atoms with Crippen molar-refractivity contribution in [2.45, 2.75) is 64.4 Å². The molecule has 3 atom stereocenters. The molecule has 0 heterocycles. The van der Waals surface area contributed by atoms with Gasteiger partial charge in [0.15, 0.2) is 5.78 Å². The van der Waals surface area contributed by atoms with Crippen molar-refractivity contribution in [3.63, 3.8) is 0 Å². The Morgan fingerprint density at radius 2 is 2.00 bits per heavy atom. The van der Waals surface area contributed by atoms with Crippen LogP contribution < -0.4 is 0 Å². The van der Waals surface area contributed by atoms with E-state index in [9.17, 15) is 14.7 Å². The number of hydrogen-bond donors (Lipinski definition) is 2. The number of carbonyl (C=O) groups excluding carboxylic acids is 1. The van der Waals surface area contributed by atoms with E-state index in [0.717, 1.165) is 19.3 Å². The maximum atomic E-state index is 11.3. The average Bonchev–Trinajstić information content (AvgIpc) is 2.84. The Morgan fingerprint density at radius 1 is 1.23 bits per heavy atom. The van der Waals surface area contributed by atoms with Crippen LogP contribution in [0.1, 0.15) is 58.3 Å². The quantitative estimate of drug-likeness (QED) is 0.411. The minimum atomic E-state index is -0.765. The van der Waals surface area contributed by atoms with Gasteiger partial charge in [0.1, 0.15) is 0 Å². The highest BCUT2D eigenvalue weighted by molar-refractivity contribution is 5.89. The fraction of sp³-hybridized carbons (Fsp3) is 0.667. The second-order valence-corrected chi connectivity index (χ2v) is 5.81. The molecule has 0 aliphatic heterocycles. The van der Waals surface area contributed by atoms with E-state index in [1.165, 1.54) is 0 Å². The Morgan fingerprint density at radius 3 is 2.68 bits per heavy atom. The first-order chi connectivity index (χ1) is 10.5. The predicted octanol–water partition coefficient (Wildman–Crippen LogP) is 2.95. The molecule has 0 spiro atoms. The Kier molecular flexibility index (Phi) is 8.54. The third kappa shape index (κ3) is 6.91. The second kappa shape index (κ2) is 10.2. The lowest BCUT2D eigenvalue weighted by atomic mass is 9.91. The molecule has 3 unspecified atom stereocenters. The molecule has 4 nitrogen and oxygen atoms in total. The molecule has 1 saturated carbocycles. The number of aliphatic carboxylic acids is 1. The minimum absolute atomic E-state index is 0.104. The van der Waals surface area contributed by atoms with Gasteiger partial charge in [-0.3, -0.25) is 9.59 Å². The summed E-state index contributed by atoms with van der Waals surface area (Å²) in [5, 5.41) is 18.6. The molecule has 0 bridgehead atoms. The highest BCUT2D eigenvalue weighted by atomic mass is 16.4. The van der Waals surface area contributed by atoms with Crippen LogP contribution in [0.25, 0.3) is 0 Å². The summed E-state index contributed by atoms with van der Waals surface area (Å²) in [5.74, 6) is 5.84. The largest absolute Gasteiger partial charge is 0.481 e. The van der Waals surface area contributed by atoms with E-state index in [2.05, 4.69) is 11.8 Å². The zero-order chi connectivity index (χ0) is 16.4. The van der Waals surface area contributed by atoms with Gasteiger partial charge in [-0.2, -0.15) is 0 Å². The molecular weight excluding hydrogens is 280 g/mol. The average molecular weight is 306 g/mol. The van der Waals surface area contributed by atoms with Gasteiger partial charge < -0.3 is 10.2 Å². The highest BCUT2D eigenvalue weighted by Crippen LogP contribution is 2.35. The molecule has 0 aromatic carbocycles. The first-order valence-electron chi connectivity index (χ1n) is 8.11. The number of rotatable bonds is 8. The number of hydrogen-bond acceptors (Lipinski definition) is 3. The summed E-state index contributed by atoms with van der Waals surface area (Å²) in [6.07, 6.45) is 8.37. The fourth-order valence-electron chi connectivity index (χ4n) is 2.72. The lowest BCUT2D eigenvalue weighted by Gasteiger charge is -2.16. The molecule has 4 heteroatoms. The van der Waals surface area contributed by atoms with Gasteiger partial charge >= 0.3 is 5.97 Å². The van der Waals surface area contributed by atoms with Crippen molar-refractivity contribution in [3.8, 4) is 11.8 Å². The third-order valence-corrected chi connectivity index (χ3v) is 4.12. The van der Waals surface area contributed by atoms with Crippen molar-refractivity contribution in [2.75, 3.05) is 0 Å². The molecule has 122 valence electrons. The first kappa shape index (κ1) is 18.4. The van der Waals surface area contributed by atoms with Gasteiger partial charge in [0.2, 0.25) is 0 Å². The van der Waals surface area contributed by atoms with Crippen molar-refractivity contribution in [3.05, 3.63) is 12.2 Å². The number of aliphatic hydroxyl groups is 1. The van der Waals surface area contributed by atoms with Gasteiger partial charge in [0.25, 0.3) is 0 Å². The molecule has 1 rings (SSSR count). The Balaban J connectivity index is 2.37. The lowest BCUT2D eigenvalue weighted by Crippen LogP contribution is -2.17. The third-order valence-electron chi connectivity index (χ3n) is 4.12. The van der Waals surface area contributed by atoms with Crippen LogP contribution >= 0.6 is 0 Å². The Hall–Kier alpha value is -1.60. The smallest absolute Gasteiger partial charge is 0.303 e. The molecule has 0 aromatic rings. The van der Waals surface area contributed by atoms with Crippen molar-refractivity contribution in [1.82, 2.24) is 0 Å². The van der Waals surface area contributed by atoms with Gasteiger partial charge in [-0.05, 0) is 37.7 Å². The summed E-state index contributed by atoms with van der Waals surface area (Å²) in [5.41, 5.74) is 0. The van der Waals surface area contributed by atoms with Crippen molar-refractivity contribution >= 4 is 11.8 Å². The zero-order valence-electron chi connectivity index (χ0n) is 13.3. The molecule has 1 aliphatic rings. The van der Waals surface area contributed by atoms with E-state index in [-0.39, 0.29) is 30.1 Å². The first-order valence-corrected chi connectivity index (χ1v) is 8.11. The van der Waals surface area contributed by atoms with Crippen molar-refractivity contribution in [2.24, 2.45) is 11.8 Å². The predicted molar refractivity (Wildman–Crippen MR) is 85.2 cm³/mol. The van der Waals surface area contributed by atoms with Crippen LogP contribution in [0, 0.1) is 23.7 Å². The summed E-state index contributed by atoms with van der Waals surface area (Å²) in [6, 6.07) is 0. The van der Waals surface area contributed by atoms with Crippen molar-refractivity contribution in [1.29, 1.82) is 0 Å². The van der Waals surface area contributed by atoms with Crippen molar-refractivity contribution < 1.29 is 19.8 Å². The summed E-state index contributed by atoms with van der Waals surface area (Å²) in [4.78, 5) is 21.7. The monoisotopic (exact) mass is 306 g/mol. The van der Waals surface area contributed by atoms with Gasteiger partial charge in [-0.15, -0.1) is 11.8 Å². The van der Waals surface area contributed by atoms with E-state index in [0.29, 0.717) is 25.7 Å². The lowest BCUT2D eigenvalue weighted by molar-refractivity contribution is -0.137. The Bertz CT molecular complexity index is 455. The van der Waals surface area contributed by atoms with Gasteiger partial charge in [0, 0.05) is 31.6 Å². The topological polar surface area (TPSA) is 74.6 Å². The van der Waals surface area contributed by atoms with Gasteiger partial charge in [0.05, 0.1) is 6.10 Å². The fourth-order valence-corrected chi connectivity index (χ4v) is 2.72. The SMILES string of the molecule is CCC(=O)C=CC1CCC(O)C1CC#CCCCCC(=O)O. The zero-order valence-corrected chi connectivity index (χ0v) is 13.3. The number of aliphatic hydroxyl groups excluding tert-OH is 1. The number of carbonyl (C=O) groups is 2. The Labute approximate surface area is 132 Å². The van der Waals surface area contributed by atoms with E-state index >= 15 is 0 Å². The van der Waals surface area contributed by atoms with E-state index < -0.39 is 5.97 Å². The molecule has 1 fully saturated rings. The minimum Gasteiger partial charge on any atom is -0.481 e. The summed E-state index contributed by atoms with van der Waals surface area (Å²) >= 11 is 0. The number of unbranched alkanes of at least 4 members (excludes halogenated alkanes) is 2. The standard InChI is InChI=1S/C18H26O4/c1-2-15(19)12-10-14-11-13-17(20)16(14)8-6-4-3-5-7-9-18(21)22/h10,12,14,16-17,20H,2-3,5,7-9,11,13H2,1H3,(H,21,22). The molecule has 22 heavy (non-hydrogen) atoms. The molecular formula is C18H26O4. The van der Waals surface area contributed by atoms with Crippen LogP contribution in [0.2, 0.25) is 0 Å². The molecule has 0 amide bonds. The van der Waals surface area contributed by atoms with Crippen LogP contribution in [-0.2, 0) is 9.59 Å². The van der Waals surface area contributed by atoms with Gasteiger partial charge in [-0.25, -0.2) is 0 Å². The maximum Gasteiger partial charge on any atom is 0.303 e. The molecule has 0 aromatic heterocycles. The molecule has 0 radical (unpaired) electrons. The molecule has 0 saturated heterocycles. The van der Waals surface area contributed by atoms with E-state index in [1.807, 2.05) is 13.0 Å². The van der Waals surface area contributed by atoms with E-state index in [4.69, 9.17) is 5.11 Å². The van der Waals surface area contributed by atoms with Crippen LogP contribution in [0.4, 0.5) is 0 Å². The maximum absolute atomic E-state index is 11.3. The number of carboxylic acid groups (broad SMARTS) is 1. The number of ketones is 1.